The van der Waals surface area contributed by atoms with Crippen molar-refractivity contribution < 1.29 is 9.53 Å². The maximum Gasteiger partial charge on any atom is 0.237 e. The molecule has 2 aromatic carbocycles. The molecule has 0 saturated heterocycles. The van der Waals surface area contributed by atoms with Gasteiger partial charge in [-0.05, 0) is 63.1 Å². The molecule has 0 bridgehead atoms. The van der Waals surface area contributed by atoms with E-state index < -0.39 is 0 Å². The number of rotatable bonds is 6. The van der Waals surface area contributed by atoms with Crippen LogP contribution in [0.5, 0.6) is 5.75 Å². The Morgan fingerprint density at radius 2 is 1.91 bits per heavy atom. The van der Waals surface area contributed by atoms with Crippen LogP contribution in [-0.2, 0) is 4.79 Å². The Hall–Kier alpha value is -1.94. The quantitative estimate of drug-likeness (QED) is 0.772. The van der Waals surface area contributed by atoms with Gasteiger partial charge in [-0.3, -0.25) is 4.79 Å². The Morgan fingerprint density at radius 1 is 1.17 bits per heavy atom. The summed E-state index contributed by atoms with van der Waals surface area (Å²) in [6, 6.07) is 13.8. The SMILES string of the molecule is CCOc1ccccc1NC(=O)[C@H](C)Sc1ccc(C)c(C)c1. The molecule has 3 nitrogen and oxygen atoms in total. The fourth-order valence-corrected chi connectivity index (χ4v) is 3.10. The molecule has 0 fully saturated rings. The zero-order valence-electron chi connectivity index (χ0n) is 14.1. The van der Waals surface area contributed by atoms with Gasteiger partial charge in [-0.1, -0.05) is 18.2 Å². The summed E-state index contributed by atoms with van der Waals surface area (Å²) in [6.07, 6.45) is 0. The van der Waals surface area contributed by atoms with E-state index in [1.54, 1.807) is 11.8 Å². The minimum absolute atomic E-state index is 0.0274. The predicted molar refractivity (Wildman–Crippen MR) is 97.5 cm³/mol. The number of hydrogen-bond acceptors (Lipinski definition) is 3. The van der Waals surface area contributed by atoms with E-state index in [4.69, 9.17) is 4.74 Å². The molecule has 23 heavy (non-hydrogen) atoms. The number of carbonyl (C=O) groups is 1. The zero-order chi connectivity index (χ0) is 16.8. The molecule has 0 aromatic heterocycles. The molecule has 1 atom stereocenters. The molecule has 0 radical (unpaired) electrons. The molecule has 0 saturated carbocycles. The number of carbonyl (C=O) groups excluding carboxylic acids is 1. The molecule has 2 aromatic rings. The Bertz CT molecular complexity index is 685. The molecule has 0 aliphatic carbocycles. The lowest BCUT2D eigenvalue weighted by Crippen LogP contribution is -2.22. The van der Waals surface area contributed by atoms with Gasteiger partial charge in [0.1, 0.15) is 5.75 Å². The lowest BCUT2D eigenvalue weighted by Gasteiger charge is -2.15. The summed E-state index contributed by atoms with van der Waals surface area (Å²) in [7, 11) is 0. The maximum absolute atomic E-state index is 12.4. The van der Waals surface area contributed by atoms with Crippen molar-refractivity contribution in [3.63, 3.8) is 0 Å². The van der Waals surface area contributed by atoms with Gasteiger partial charge in [0, 0.05) is 4.90 Å². The highest BCUT2D eigenvalue weighted by molar-refractivity contribution is 8.00. The van der Waals surface area contributed by atoms with Gasteiger partial charge in [-0.15, -0.1) is 11.8 Å². The van der Waals surface area contributed by atoms with E-state index in [2.05, 4.69) is 37.4 Å². The normalized spacial score (nSPS) is 11.8. The summed E-state index contributed by atoms with van der Waals surface area (Å²) >= 11 is 1.56. The average molecular weight is 329 g/mol. The minimum atomic E-state index is -0.188. The first kappa shape index (κ1) is 17.4. The van der Waals surface area contributed by atoms with Crippen molar-refractivity contribution in [2.75, 3.05) is 11.9 Å². The van der Waals surface area contributed by atoms with Gasteiger partial charge in [0.15, 0.2) is 0 Å². The van der Waals surface area contributed by atoms with E-state index >= 15 is 0 Å². The Labute approximate surface area is 142 Å². The average Bonchev–Trinajstić information content (AvgIpc) is 2.53. The van der Waals surface area contributed by atoms with Gasteiger partial charge >= 0.3 is 0 Å². The summed E-state index contributed by atoms with van der Waals surface area (Å²) in [5.74, 6) is 0.673. The number of amides is 1. The molecule has 0 spiro atoms. The zero-order valence-corrected chi connectivity index (χ0v) is 14.9. The first-order valence-electron chi connectivity index (χ1n) is 7.78. The number of ether oxygens (including phenoxy) is 1. The number of para-hydroxylation sites is 2. The van der Waals surface area contributed by atoms with E-state index in [0.717, 1.165) is 4.90 Å². The molecular formula is C19H23NO2S. The van der Waals surface area contributed by atoms with Gasteiger partial charge in [-0.25, -0.2) is 0 Å². The van der Waals surface area contributed by atoms with Crippen LogP contribution in [0.2, 0.25) is 0 Å². The van der Waals surface area contributed by atoms with Crippen molar-refractivity contribution in [1.82, 2.24) is 0 Å². The van der Waals surface area contributed by atoms with Crippen molar-refractivity contribution in [3.8, 4) is 5.75 Å². The Balaban J connectivity index is 2.04. The van der Waals surface area contributed by atoms with E-state index in [1.807, 2.05) is 38.1 Å². The third-order valence-corrected chi connectivity index (χ3v) is 4.70. The number of hydrogen-bond donors (Lipinski definition) is 1. The number of anilines is 1. The number of benzene rings is 2. The third-order valence-electron chi connectivity index (χ3n) is 3.61. The molecule has 122 valence electrons. The van der Waals surface area contributed by atoms with E-state index in [0.29, 0.717) is 18.0 Å². The molecule has 2 rings (SSSR count). The highest BCUT2D eigenvalue weighted by Gasteiger charge is 2.16. The summed E-state index contributed by atoms with van der Waals surface area (Å²) in [5.41, 5.74) is 3.22. The lowest BCUT2D eigenvalue weighted by molar-refractivity contribution is -0.115. The molecular weight excluding hydrogens is 306 g/mol. The minimum Gasteiger partial charge on any atom is -0.492 e. The summed E-state index contributed by atoms with van der Waals surface area (Å²) in [6.45, 7) is 8.59. The third kappa shape index (κ3) is 4.76. The monoisotopic (exact) mass is 329 g/mol. The highest BCUT2D eigenvalue weighted by atomic mass is 32.2. The van der Waals surface area contributed by atoms with Gasteiger partial charge in [0.05, 0.1) is 17.5 Å². The summed E-state index contributed by atoms with van der Waals surface area (Å²) < 4.78 is 5.54. The lowest BCUT2D eigenvalue weighted by atomic mass is 10.1. The van der Waals surface area contributed by atoms with Gasteiger partial charge in [0.25, 0.3) is 0 Å². The van der Waals surface area contributed by atoms with Crippen molar-refractivity contribution in [1.29, 1.82) is 0 Å². The van der Waals surface area contributed by atoms with Crippen LogP contribution in [0.15, 0.2) is 47.4 Å². The maximum atomic E-state index is 12.4. The van der Waals surface area contributed by atoms with E-state index in [9.17, 15) is 4.79 Å². The van der Waals surface area contributed by atoms with Crippen LogP contribution in [0.4, 0.5) is 5.69 Å². The highest BCUT2D eigenvalue weighted by Crippen LogP contribution is 2.28. The predicted octanol–water partition coefficient (Wildman–Crippen LogP) is 4.82. The van der Waals surface area contributed by atoms with Crippen LogP contribution in [0.3, 0.4) is 0 Å². The van der Waals surface area contributed by atoms with E-state index in [-0.39, 0.29) is 11.2 Å². The van der Waals surface area contributed by atoms with Crippen LogP contribution >= 0.6 is 11.8 Å². The fraction of sp³-hybridized carbons (Fsp3) is 0.316. The summed E-state index contributed by atoms with van der Waals surface area (Å²) in [5, 5.41) is 2.77. The number of thioether (sulfide) groups is 1. The second kappa shape index (κ2) is 8.06. The van der Waals surface area contributed by atoms with Gasteiger partial charge in [-0.2, -0.15) is 0 Å². The molecule has 0 aliphatic rings. The molecule has 1 N–H and O–H groups in total. The largest absolute Gasteiger partial charge is 0.492 e. The summed E-state index contributed by atoms with van der Waals surface area (Å²) in [4.78, 5) is 13.5. The van der Waals surface area contributed by atoms with Crippen LogP contribution < -0.4 is 10.1 Å². The second-order valence-electron chi connectivity index (χ2n) is 5.42. The van der Waals surface area contributed by atoms with Crippen molar-refractivity contribution in [2.24, 2.45) is 0 Å². The second-order valence-corrected chi connectivity index (χ2v) is 6.84. The number of aryl methyl sites for hydroxylation is 2. The topological polar surface area (TPSA) is 38.3 Å². The van der Waals surface area contributed by atoms with Crippen molar-refractivity contribution in [2.45, 2.75) is 37.8 Å². The van der Waals surface area contributed by atoms with Crippen molar-refractivity contribution in [3.05, 3.63) is 53.6 Å². The first-order valence-corrected chi connectivity index (χ1v) is 8.65. The van der Waals surface area contributed by atoms with Crippen LogP contribution in [0.25, 0.3) is 0 Å². The van der Waals surface area contributed by atoms with E-state index in [1.165, 1.54) is 11.1 Å². The van der Waals surface area contributed by atoms with Crippen LogP contribution in [-0.4, -0.2) is 17.8 Å². The van der Waals surface area contributed by atoms with Gasteiger partial charge in [0.2, 0.25) is 5.91 Å². The molecule has 0 aliphatic heterocycles. The fourth-order valence-electron chi connectivity index (χ4n) is 2.13. The molecule has 0 heterocycles. The van der Waals surface area contributed by atoms with Crippen LogP contribution in [0.1, 0.15) is 25.0 Å². The smallest absolute Gasteiger partial charge is 0.237 e. The molecule has 1 amide bonds. The Morgan fingerprint density at radius 3 is 2.61 bits per heavy atom. The van der Waals surface area contributed by atoms with Crippen LogP contribution in [0, 0.1) is 13.8 Å². The standard InChI is InChI=1S/C19H23NO2S/c1-5-22-18-9-7-6-8-17(18)20-19(21)15(4)23-16-11-10-13(2)14(3)12-16/h6-12,15H,5H2,1-4H3,(H,20,21)/t15-/m0/s1. The first-order chi connectivity index (χ1) is 11.0. The van der Waals surface area contributed by atoms with Crippen molar-refractivity contribution >= 4 is 23.4 Å². The Kier molecular flexibility index (Phi) is 6.11. The number of nitrogens with one attached hydrogen (secondary N) is 1. The molecule has 4 heteroatoms. The molecule has 0 unspecified atom stereocenters. The van der Waals surface area contributed by atoms with Gasteiger partial charge < -0.3 is 10.1 Å².